The van der Waals surface area contributed by atoms with Gasteiger partial charge in [0, 0.05) is 0 Å². The summed E-state index contributed by atoms with van der Waals surface area (Å²) in [6.07, 6.45) is 1.05. The van der Waals surface area contributed by atoms with Crippen LogP contribution in [0.3, 0.4) is 0 Å². The van der Waals surface area contributed by atoms with E-state index in [4.69, 9.17) is 4.74 Å². The number of ether oxygens (including phenoxy) is 1. The molecule has 0 aliphatic rings. The van der Waals surface area contributed by atoms with Crippen molar-refractivity contribution in [1.82, 2.24) is 6.15 Å². The molecule has 2 aromatic carbocycles. The molecule has 16 heavy (non-hydrogen) atoms. The normalized spacial score (nSPS) is 9.88. The fourth-order valence-electron chi connectivity index (χ4n) is 1.65. The van der Waals surface area contributed by atoms with Crippen molar-refractivity contribution in [3.8, 4) is 5.75 Å². The monoisotopic (exact) mass is 217 g/mol. The highest BCUT2D eigenvalue weighted by atomic mass is 16.5. The van der Waals surface area contributed by atoms with Crippen molar-refractivity contribution in [3.63, 3.8) is 0 Å². The first-order valence-electron chi connectivity index (χ1n) is 5.43. The first kappa shape index (κ1) is 12.5. The van der Waals surface area contributed by atoms with Crippen molar-refractivity contribution in [3.05, 3.63) is 42.0 Å². The highest BCUT2D eigenvalue weighted by molar-refractivity contribution is 5.84. The summed E-state index contributed by atoms with van der Waals surface area (Å²) in [5, 5.41) is 2.52. The highest BCUT2D eigenvalue weighted by Crippen LogP contribution is 2.21. The molecule has 3 N–H and O–H groups in total. The van der Waals surface area contributed by atoms with E-state index in [2.05, 4.69) is 44.2 Å². The van der Waals surface area contributed by atoms with Gasteiger partial charge in [0.1, 0.15) is 5.75 Å². The molecule has 0 aromatic heterocycles. The summed E-state index contributed by atoms with van der Waals surface area (Å²) in [6.45, 7) is 5.02. The van der Waals surface area contributed by atoms with Crippen molar-refractivity contribution in [2.45, 2.75) is 20.3 Å². The molecule has 0 spiro atoms. The standard InChI is InChI=1S/C14H16O.H3N/c1-3-8-15-14-7-6-12-9-11(2)4-5-13(12)10-14;/h4-7,9-10H,3,8H2,1-2H3;1H3. The van der Waals surface area contributed by atoms with E-state index in [-0.39, 0.29) is 6.15 Å². The molecule has 2 aromatic rings. The van der Waals surface area contributed by atoms with Crippen LogP contribution >= 0.6 is 0 Å². The Morgan fingerprint density at radius 3 is 2.44 bits per heavy atom. The van der Waals surface area contributed by atoms with E-state index in [0.29, 0.717) is 0 Å². The van der Waals surface area contributed by atoms with E-state index in [1.165, 1.54) is 16.3 Å². The molecule has 0 radical (unpaired) electrons. The quantitative estimate of drug-likeness (QED) is 0.841. The molecule has 2 nitrogen and oxygen atoms in total. The number of hydrogen-bond donors (Lipinski definition) is 1. The average Bonchev–Trinajstić information content (AvgIpc) is 2.26. The minimum absolute atomic E-state index is 0. The molecule has 0 unspecified atom stereocenters. The Morgan fingerprint density at radius 2 is 1.69 bits per heavy atom. The second-order valence-electron chi connectivity index (χ2n) is 3.86. The van der Waals surface area contributed by atoms with Crippen LogP contribution in [-0.2, 0) is 0 Å². The lowest BCUT2D eigenvalue weighted by molar-refractivity contribution is 0.318. The summed E-state index contributed by atoms with van der Waals surface area (Å²) in [5.74, 6) is 0.966. The highest BCUT2D eigenvalue weighted by Gasteiger charge is 1.97. The maximum Gasteiger partial charge on any atom is 0.119 e. The Bertz CT molecular complexity index is 465. The number of aryl methyl sites for hydroxylation is 1. The predicted molar refractivity (Wildman–Crippen MR) is 69.5 cm³/mol. The number of rotatable bonds is 3. The molecule has 2 rings (SSSR count). The van der Waals surface area contributed by atoms with Gasteiger partial charge in [-0.15, -0.1) is 0 Å². The van der Waals surface area contributed by atoms with Crippen LogP contribution in [0, 0.1) is 6.92 Å². The Hall–Kier alpha value is -1.54. The van der Waals surface area contributed by atoms with Crippen LogP contribution in [0.25, 0.3) is 10.8 Å². The fourth-order valence-corrected chi connectivity index (χ4v) is 1.65. The van der Waals surface area contributed by atoms with Gasteiger partial charge in [0.05, 0.1) is 6.61 Å². The van der Waals surface area contributed by atoms with Crippen LogP contribution in [0.2, 0.25) is 0 Å². The molecule has 0 aliphatic heterocycles. The van der Waals surface area contributed by atoms with Gasteiger partial charge in [-0.25, -0.2) is 0 Å². The van der Waals surface area contributed by atoms with Gasteiger partial charge in [-0.05, 0) is 36.2 Å². The Balaban J connectivity index is 0.00000128. The first-order valence-corrected chi connectivity index (χ1v) is 5.43. The summed E-state index contributed by atoms with van der Waals surface area (Å²) in [7, 11) is 0. The largest absolute Gasteiger partial charge is 0.494 e. The molecular formula is C14H19NO. The minimum atomic E-state index is 0. The third-order valence-corrected chi connectivity index (χ3v) is 2.44. The molecule has 0 saturated carbocycles. The predicted octanol–water partition coefficient (Wildman–Crippen LogP) is 4.10. The average molecular weight is 217 g/mol. The summed E-state index contributed by atoms with van der Waals surface area (Å²) >= 11 is 0. The van der Waals surface area contributed by atoms with E-state index < -0.39 is 0 Å². The number of benzene rings is 2. The van der Waals surface area contributed by atoms with E-state index in [9.17, 15) is 0 Å². The van der Waals surface area contributed by atoms with Gasteiger partial charge in [0.25, 0.3) is 0 Å². The van der Waals surface area contributed by atoms with E-state index in [1.807, 2.05) is 6.07 Å². The van der Waals surface area contributed by atoms with Gasteiger partial charge < -0.3 is 10.9 Å². The molecule has 0 amide bonds. The van der Waals surface area contributed by atoms with Crippen LogP contribution in [-0.4, -0.2) is 6.61 Å². The van der Waals surface area contributed by atoms with Gasteiger partial charge in [-0.3, -0.25) is 0 Å². The van der Waals surface area contributed by atoms with Crippen LogP contribution in [0.5, 0.6) is 5.75 Å². The zero-order valence-corrected chi connectivity index (χ0v) is 9.99. The number of hydrogen-bond acceptors (Lipinski definition) is 2. The van der Waals surface area contributed by atoms with E-state index >= 15 is 0 Å². The zero-order valence-electron chi connectivity index (χ0n) is 9.99. The summed E-state index contributed by atoms with van der Waals surface area (Å²) in [4.78, 5) is 0. The van der Waals surface area contributed by atoms with Gasteiger partial charge >= 0.3 is 0 Å². The van der Waals surface area contributed by atoms with Crippen LogP contribution in [0.1, 0.15) is 18.9 Å². The Kier molecular flexibility index (Phi) is 4.32. The first-order chi connectivity index (χ1) is 7.29. The summed E-state index contributed by atoms with van der Waals surface area (Å²) < 4.78 is 5.59. The Labute approximate surface area is 96.8 Å². The zero-order chi connectivity index (χ0) is 10.7. The molecular weight excluding hydrogens is 198 g/mol. The molecule has 0 bridgehead atoms. The van der Waals surface area contributed by atoms with Crippen molar-refractivity contribution < 1.29 is 4.74 Å². The Morgan fingerprint density at radius 1 is 1.00 bits per heavy atom. The van der Waals surface area contributed by atoms with Gasteiger partial charge in [0.2, 0.25) is 0 Å². The smallest absolute Gasteiger partial charge is 0.119 e. The minimum Gasteiger partial charge on any atom is -0.494 e. The lowest BCUT2D eigenvalue weighted by Gasteiger charge is -2.06. The third-order valence-electron chi connectivity index (χ3n) is 2.44. The van der Waals surface area contributed by atoms with Crippen LogP contribution < -0.4 is 10.9 Å². The van der Waals surface area contributed by atoms with E-state index in [0.717, 1.165) is 18.8 Å². The van der Waals surface area contributed by atoms with Gasteiger partial charge in [-0.1, -0.05) is 36.8 Å². The van der Waals surface area contributed by atoms with E-state index in [1.54, 1.807) is 0 Å². The molecule has 0 heterocycles. The second-order valence-corrected chi connectivity index (χ2v) is 3.86. The lowest BCUT2D eigenvalue weighted by Crippen LogP contribution is -1.94. The van der Waals surface area contributed by atoms with Crippen molar-refractivity contribution in [1.29, 1.82) is 0 Å². The summed E-state index contributed by atoms with van der Waals surface area (Å²) in [5.41, 5.74) is 1.30. The maximum atomic E-state index is 5.59. The van der Waals surface area contributed by atoms with Gasteiger partial charge in [0.15, 0.2) is 0 Å². The molecule has 0 aliphatic carbocycles. The molecule has 0 saturated heterocycles. The van der Waals surface area contributed by atoms with Crippen LogP contribution in [0.15, 0.2) is 36.4 Å². The summed E-state index contributed by atoms with van der Waals surface area (Å²) in [6, 6.07) is 12.7. The van der Waals surface area contributed by atoms with Gasteiger partial charge in [-0.2, -0.15) is 0 Å². The number of fused-ring (bicyclic) bond motifs is 1. The van der Waals surface area contributed by atoms with Crippen molar-refractivity contribution >= 4 is 10.8 Å². The fraction of sp³-hybridized carbons (Fsp3) is 0.286. The van der Waals surface area contributed by atoms with Crippen molar-refractivity contribution in [2.75, 3.05) is 6.61 Å². The maximum absolute atomic E-state index is 5.59. The topological polar surface area (TPSA) is 44.2 Å². The molecule has 2 heteroatoms. The van der Waals surface area contributed by atoms with Crippen LogP contribution in [0.4, 0.5) is 0 Å². The molecule has 0 atom stereocenters. The molecule has 0 fully saturated rings. The second kappa shape index (κ2) is 5.52. The lowest BCUT2D eigenvalue weighted by atomic mass is 10.1. The SMILES string of the molecule is CCCOc1ccc2cc(C)ccc2c1.N. The third kappa shape index (κ3) is 2.74. The van der Waals surface area contributed by atoms with Crippen molar-refractivity contribution in [2.24, 2.45) is 0 Å². The molecule has 86 valence electrons.